The van der Waals surface area contributed by atoms with Crippen LogP contribution < -0.4 is 9.64 Å². The topological polar surface area (TPSA) is 50.6 Å². The average molecular weight is 469 g/mol. The third-order valence-corrected chi connectivity index (χ3v) is 6.10. The van der Waals surface area contributed by atoms with Crippen molar-refractivity contribution in [1.82, 2.24) is 14.7 Å². The van der Waals surface area contributed by atoms with Gasteiger partial charge in [0.25, 0.3) is 5.91 Å². The summed E-state index contributed by atoms with van der Waals surface area (Å²) >= 11 is 3.46. The fraction of sp³-hybridized carbons (Fsp3) is 0.304. The number of hydrogen-bond acceptors (Lipinski definition) is 4. The quantitative estimate of drug-likeness (QED) is 0.574. The van der Waals surface area contributed by atoms with Crippen LogP contribution in [0.4, 0.5) is 5.69 Å². The lowest BCUT2D eigenvalue weighted by Gasteiger charge is -2.36. The van der Waals surface area contributed by atoms with Crippen LogP contribution in [-0.2, 0) is 0 Å². The molecule has 156 valence electrons. The molecule has 4 rings (SSSR count). The normalized spacial score (nSPS) is 14.1. The van der Waals surface area contributed by atoms with Crippen molar-refractivity contribution in [1.29, 1.82) is 0 Å². The Labute approximate surface area is 185 Å². The highest BCUT2D eigenvalue weighted by molar-refractivity contribution is 9.10. The lowest BCUT2D eigenvalue weighted by Crippen LogP contribution is -2.49. The molecule has 6 nitrogen and oxygen atoms in total. The number of aromatic nitrogens is 2. The van der Waals surface area contributed by atoms with Gasteiger partial charge in [0.2, 0.25) is 0 Å². The van der Waals surface area contributed by atoms with Crippen molar-refractivity contribution < 1.29 is 9.53 Å². The van der Waals surface area contributed by atoms with Crippen LogP contribution in [0.25, 0.3) is 5.69 Å². The van der Waals surface area contributed by atoms with Crippen molar-refractivity contribution in [3.63, 3.8) is 0 Å². The maximum Gasteiger partial charge on any atom is 0.257 e. The summed E-state index contributed by atoms with van der Waals surface area (Å²) in [7, 11) is 1.69. The van der Waals surface area contributed by atoms with Gasteiger partial charge in [0.1, 0.15) is 5.75 Å². The molecule has 1 aromatic heterocycles. The summed E-state index contributed by atoms with van der Waals surface area (Å²) in [5, 5.41) is 4.64. The summed E-state index contributed by atoms with van der Waals surface area (Å²) in [5.41, 5.74) is 4.34. The monoisotopic (exact) mass is 468 g/mol. The predicted octanol–water partition coefficient (Wildman–Crippen LogP) is 4.22. The number of carbonyl (C=O) groups excluding carboxylic acids is 1. The van der Waals surface area contributed by atoms with E-state index in [-0.39, 0.29) is 5.91 Å². The highest BCUT2D eigenvalue weighted by Crippen LogP contribution is 2.29. The molecule has 1 fully saturated rings. The SMILES string of the molecule is COc1ccccc1N1CCN(C(=O)c2c(C)nn(-c3ccc(Br)cc3)c2C)CC1. The van der Waals surface area contributed by atoms with Gasteiger partial charge in [-0.1, -0.05) is 28.1 Å². The van der Waals surface area contributed by atoms with E-state index in [4.69, 9.17) is 4.74 Å². The van der Waals surface area contributed by atoms with Gasteiger partial charge in [0.05, 0.1) is 35.4 Å². The molecule has 1 amide bonds. The maximum absolute atomic E-state index is 13.3. The zero-order valence-electron chi connectivity index (χ0n) is 17.4. The summed E-state index contributed by atoms with van der Waals surface area (Å²) in [4.78, 5) is 17.5. The number of hydrogen-bond donors (Lipinski definition) is 0. The fourth-order valence-electron chi connectivity index (χ4n) is 3.99. The van der Waals surface area contributed by atoms with E-state index < -0.39 is 0 Å². The molecule has 0 unspecified atom stereocenters. The van der Waals surface area contributed by atoms with Crippen molar-refractivity contribution in [3.05, 3.63) is 70.0 Å². The number of amides is 1. The van der Waals surface area contributed by atoms with Gasteiger partial charge in [0.15, 0.2) is 0 Å². The number of para-hydroxylation sites is 2. The summed E-state index contributed by atoms with van der Waals surface area (Å²) in [6.07, 6.45) is 0. The van der Waals surface area contributed by atoms with Gasteiger partial charge in [-0.2, -0.15) is 5.10 Å². The highest BCUT2D eigenvalue weighted by atomic mass is 79.9. The summed E-state index contributed by atoms with van der Waals surface area (Å²) in [6.45, 7) is 6.73. The van der Waals surface area contributed by atoms with Gasteiger partial charge in [-0.3, -0.25) is 4.79 Å². The molecule has 0 atom stereocenters. The fourth-order valence-corrected chi connectivity index (χ4v) is 4.25. The summed E-state index contributed by atoms with van der Waals surface area (Å²) in [5.74, 6) is 0.910. The third kappa shape index (κ3) is 3.81. The van der Waals surface area contributed by atoms with Gasteiger partial charge in [-0.25, -0.2) is 4.68 Å². The Morgan fingerprint density at radius 1 is 1.00 bits per heavy atom. The number of ether oxygens (including phenoxy) is 1. The molecule has 30 heavy (non-hydrogen) atoms. The summed E-state index contributed by atoms with van der Waals surface area (Å²) in [6, 6.07) is 15.9. The van der Waals surface area contributed by atoms with Crippen molar-refractivity contribution in [2.45, 2.75) is 13.8 Å². The first-order valence-corrected chi connectivity index (χ1v) is 10.8. The first-order chi connectivity index (χ1) is 14.5. The lowest BCUT2D eigenvalue weighted by molar-refractivity contribution is 0.0745. The van der Waals surface area contributed by atoms with Crippen molar-refractivity contribution in [2.24, 2.45) is 0 Å². The van der Waals surface area contributed by atoms with E-state index >= 15 is 0 Å². The number of aryl methyl sites for hydroxylation is 1. The Balaban J connectivity index is 1.51. The molecule has 1 saturated heterocycles. The van der Waals surface area contributed by atoms with E-state index in [2.05, 4.69) is 32.0 Å². The van der Waals surface area contributed by atoms with Gasteiger partial charge in [-0.05, 0) is 50.2 Å². The molecule has 0 aliphatic carbocycles. The first kappa shape index (κ1) is 20.5. The molecule has 0 bridgehead atoms. The number of rotatable bonds is 4. The standard InChI is InChI=1S/C23H25BrN4O2/c1-16-22(17(2)28(25-16)19-10-8-18(24)9-11-19)23(29)27-14-12-26(13-15-27)20-6-4-5-7-21(20)30-3/h4-11H,12-15H2,1-3H3. The maximum atomic E-state index is 13.3. The molecule has 0 N–H and O–H groups in total. The second-order valence-electron chi connectivity index (χ2n) is 7.39. The van der Waals surface area contributed by atoms with E-state index in [1.54, 1.807) is 7.11 Å². The number of halogens is 1. The summed E-state index contributed by atoms with van der Waals surface area (Å²) < 4.78 is 8.35. The van der Waals surface area contributed by atoms with Crippen LogP contribution >= 0.6 is 15.9 Å². The molecule has 0 spiro atoms. The molecule has 2 aromatic carbocycles. The average Bonchev–Trinajstić information content (AvgIpc) is 3.07. The molecule has 1 aliphatic heterocycles. The van der Waals surface area contributed by atoms with Crippen LogP contribution in [0.3, 0.4) is 0 Å². The zero-order valence-corrected chi connectivity index (χ0v) is 19.0. The zero-order chi connectivity index (χ0) is 21.3. The smallest absolute Gasteiger partial charge is 0.257 e. The van der Waals surface area contributed by atoms with Crippen LogP contribution in [0.2, 0.25) is 0 Å². The number of methoxy groups -OCH3 is 1. The van der Waals surface area contributed by atoms with Crippen LogP contribution in [-0.4, -0.2) is 53.9 Å². The number of carbonyl (C=O) groups is 1. The molecule has 0 saturated carbocycles. The minimum absolute atomic E-state index is 0.0491. The molecular weight excluding hydrogens is 444 g/mol. The van der Waals surface area contributed by atoms with Crippen molar-refractivity contribution in [2.75, 3.05) is 38.2 Å². The molecule has 0 radical (unpaired) electrons. The van der Waals surface area contributed by atoms with Crippen molar-refractivity contribution >= 4 is 27.5 Å². The Hall–Kier alpha value is -2.80. The van der Waals surface area contributed by atoms with Gasteiger partial charge in [-0.15, -0.1) is 0 Å². The highest BCUT2D eigenvalue weighted by Gasteiger charge is 2.28. The predicted molar refractivity (Wildman–Crippen MR) is 122 cm³/mol. The first-order valence-electron chi connectivity index (χ1n) is 9.99. The molecule has 7 heteroatoms. The Morgan fingerprint density at radius 3 is 2.33 bits per heavy atom. The van der Waals surface area contributed by atoms with E-state index in [0.29, 0.717) is 18.7 Å². The molecule has 3 aromatic rings. The Morgan fingerprint density at radius 2 is 1.67 bits per heavy atom. The van der Waals surface area contributed by atoms with E-state index in [1.165, 1.54) is 0 Å². The van der Waals surface area contributed by atoms with E-state index in [0.717, 1.165) is 46.1 Å². The lowest BCUT2D eigenvalue weighted by atomic mass is 10.1. The molecule has 1 aliphatic rings. The largest absolute Gasteiger partial charge is 0.495 e. The van der Waals surface area contributed by atoms with Crippen LogP contribution in [0.1, 0.15) is 21.7 Å². The van der Waals surface area contributed by atoms with Gasteiger partial charge < -0.3 is 14.5 Å². The van der Waals surface area contributed by atoms with Crippen LogP contribution in [0.5, 0.6) is 5.75 Å². The van der Waals surface area contributed by atoms with Crippen LogP contribution in [0, 0.1) is 13.8 Å². The number of anilines is 1. The second-order valence-corrected chi connectivity index (χ2v) is 8.30. The number of piperazine rings is 1. The molecule has 2 heterocycles. The Kier molecular flexibility index (Phi) is 5.81. The van der Waals surface area contributed by atoms with Gasteiger partial charge in [0, 0.05) is 30.7 Å². The van der Waals surface area contributed by atoms with Crippen molar-refractivity contribution in [3.8, 4) is 11.4 Å². The van der Waals surface area contributed by atoms with Gasteiger partial charge >= 0.3 is 0 Å². The van der Waals surface area contributed by atoms with E-state index in [1.807, 2.05) is 65.9 Å². The second kappa shape index (κ2) is 8.52. The Bertz CT molecular complexity index is 1050. The minimum Gasteiger partial charge on any atom is -0.495 e. The third-order valence-electron chi connectivity index (χ3n) is 5.57. The number of benzene rings is 2. The minimum atomic E-state index is 0.0491. The van der Waals surface area contributed by atoms with E-state index in [9.17, 15) is 4.79 Å². The number of nitrogens with zero attached hydrogens (tertiary/aromatic N) is 4. The molecular formula is C23H25BrN4O2. The van der Waals surface area contributed by atoms with Crippen LogP contribution in [0.15, 0.2) is 53.0 Å².